The summed E-state index contributed by atoms with van der Waals surface area (Å²) in [6, 6.07) is 5.02. The van der Waals surface area contributed by atoms with Crippen molar-refractivity contribution in [1.82, 2.24) is 10.3 Å². The fourth-order valence-electron chi connectivity index (χ4n) is 1.20. The van der Waals surface area contributed by atoms with E-state index in [-0.39, 0.29) is 5.91 Å². The minimum Gasteiger partial charge on any atom is -0.351 e. The molecule has 0 fully saturated rings. The van der Waals surface area contributed by atoms with E-state index in [1.165, 1.54) is 0 Å². The third-order valence-electron chi connectivity index (χ3n) is 2.01. The highest BCUT2D eigenvalue weighted by molar-refractivity contribution is 6.29. The molecular weight excluding hydrogens is 212 g/mol. The zero-order chi connectivity index (χ0) is 11.1. The second kappa shape index (κ2) is 6.40. The van der Waals surface area contributed by atoms with Gasteiger partial charge in [0.15, 0.2) is 0 Å². The summed E-state index contributed by atoms with van der Waals surface area (Å²) in [7, 11) is 0. The number of unbranched alkanes of at least 4 members (excludes halogenated alkanes) is 2. The van der Waals surface area contributed by atoms with Crippen molar-refractivity contribution in [3.05, 3.63) is 29.0 Å². The second-order valence-electron chi connectivity index (χ2n) is 3.31. The molecular formula is C11H15ClN2O. The summed E-state index contributed by atoms with van der Waals surface area (Å²) in [5.41, 5.74) is 0.374. The van der Waals surface area contributed by atoms with E-state index in [0.29, 0.717) is 17.4 Å². The predicted molar refractivity (Wildman–Crippen MR) is 61.1 cm³/mol. The number of carbonyl (C=O) groups is 1. The molecule has 1 N–H and O–H groups in total. The van der Waals surface area contributed by atoms with E-state index in [0.717, 1.165) is 19.3 Å². The monoisotopic (exact) mass is 226 g/mol. The van der Waals surface area contributed by atoms with Crippen molar-refractivity contribution in [1.29, 1.82) is 0 Å². The highest BCUT2D eigenvalue weighted by Gasteiger charge is 2.05. The maximum Gasteiger partial charge on any atom is 0.269 e. The van der Waals surface area contributed by atoms with E-state index >= 15 is 0 Å². The second-order valence-corrected chi connectivity index (χ2v) is 3.70. The van der Waals surface area contributed by atoms with Crippen LogP contribution < -0.4 is 5.32 Å². The van der Waals surface area contributed by atoms with Gasteiger partial charge in [-0.15, -0.1) is 0 Å². The average molecular weight is 227 g/mol. The number of carbonyl (C=O) groups excluding carboxylic acids is 1. The molecule has 0 bridgehead atoms. The minimum absolute atomic E-state index is 0.159. The number of pyridine rings is 1. The highest BCUT2D eigenvalue weighted by atomic mass is 35.5. The molecule has 1 rings (SSSR count). The maximum absolute atomic E-state index is 11.5. The third kappa shape index (κ3) is 4.30. The van der Waals surface area contributed by atoms with E-state index in [4.69, 9.17) is 11.6 Å². The molecule has 0 aliphatic rings. The van der Waals surface area contributed by atoms with Crippen LogP contribution in [0.5, 0.6) is 0 Å². The number of nitrogens with zero attached hydrogens (tertiary/aromatic N) is 1. The number of amides is 1. The first kappa shape index (κ1) is 12.0. The molecule has 0 aliphatic carbocycles. The van der Waals surface area contributed by atoms with Gasteiger partial charge in [0.25, 0.3) is 5.91 Å². The van der Waals surface area contributed by atoms with Gasteiger partial charge < -0.3 is 5.32 Å². The zero-order valence-electron chi connectivity index (χ0n) is 8.79. The van der Waals surface area contributed by atoms with Crippen LogP contribution >= 0.6 is 11.6 Å². The molecule has 0 saturated carbocycles. The van der Waals surface area contributed by atoms with Crippen LogP contribution in [-0.2, 0) is 0 Å². The van der Waals surface area contributed by atoms with Crippen molar-refractivity contribution >= 4 is 17.5 Å². The summed E-state index contributed by atoms with van der Waals surface area (Å²) in [4.78, 5) is 15.5. The summed E-state index contributed by atoms with van der Waals surface area (Å²) in [5, 5.41) is 3.14. The van der Waals surface area contributed by atoms with Gasteiger partial charge in [-0.3, -0.25) is 4.79 Å². The number of hydrogen-bond donors (Lipinski definition) is 1. The van der Waals surface area contributed by atoms with E-state index < -0.39 is 0 Å². The molecule has 0 spiro atoms. The summed E-state index contributed by atoms with van der Waals surface area (Å²) < 4.78 is 0. The third-order valence-corrected chi connectivity index (χ3v) is 2.22. The number of aromatic nitrogens is 1. The lowest BCUT2D eigenvalue weighted by molar-refractivity contribution is 0.0948. The molecule has 82 valence electrons. The van der Waals surface area contributed by atoms with Crippen LogP contribution in [0.4, 0.5) is 0 Å². The van der Waals surface area contributed by atoms with Crippen LogP contribution in [0.15, 0.2) is 18.2 Å². The van der Waals surface area contributed by atoms with Crippen molar-refractivity contribution in [2.45, 2.75) is 26.2 Å². The van der Waals surface area contributed by atoms with Crippen LogP contribution in [-0.4, -0.2) is 17.4 Å². The maximum atomic E-state index is 11.5. The largest absolute Gasteiger partial charge is 0.351 e. The van der Waals surface area contributed by atoms with Gasteiger partial charge in [-0.2, -0.15) is 0 Å². The SMILES string of the molecule is CCCCCNC(=O)c1cccc(Cl)n1. The van der Waals surface area contributed by atoms with Crippen molar-refractivity contribution in [2.24, 2.45) is 0 Å². The number of hydrogen-bond acceptors (Lipinski definition) is 2. The van der Waals surface area contributed by atoms with Gasteiger partial charge in [0.2, 0.25) is 0 Å². The van der Waals surface area contributed by atoms with Crippen molar-refractivity contribution in [2.75, 3.05) is 6.54 Å². The van der Waals surface area contributed by atoms with Crippen LogP contribution in [0.1, 0.15) is 36.7 Å². The van der Waals surface area contributed by atoms with Crippen molar-refractivity contribution in [3.8, 4) is 0 Å². The van der Waals surface area contributed by atoms with Gasteiger partial charge in [0.1, 0.15) is 10.8 Å². The molecule has 1 aromatic rings. The molecule has 0 saturated heterocycles. The highest BCUT2D eigenvalue weighted by Crippen LogP contribution is 2.04. The Kier molecular flexibility index (Phi) is 5.12. The van der Waals surface area contributed by atoms with Gasteiger partial charge in [0, 0.05) is 6.54 Å². The average Bonchev–Trinajstić information content (AvgIpc) is 2.24. The Morgan fingerprint density at radius 2 is 2.27 bits per heavy atom. The molecule has 1 aromatic heterocycles. The van der Waals surface area contributed by atoms with E-state index in [1.54, 1.807) is 18.2 Å². The zero-order valence-corrected chi connectivity index (χ0v) is 9.55. The molecule has 0 atom stereocenters. The first-order chi connectivity index (χ1) is 7.24. The van der Waals surface area contributed by atoms with Crippen LogP contribution in [0.25, 0.3) is 0 Å². The van der Waals surface area contributed by atoms with Gasteiger partial charge in [0.05, 0.1) is 0 Å². The number of nitrogens with one attached hydrogen (secondary N) is 1. The van der Waals surface area contributed by atoms with Crippen LogP contribution in [0.2, 0.25) is 5.15 Å². The van der Waals surface area contributed by atoms with Gasteiger partial charge in [-0.05, 0) is 18.6 Å². The lowest BCUT2D eigenvalue weighted by Gasteiger charge is -2.03. The molecule has 1 amide bonds. The summed E-state index contributed by atoms with van der Waals surface area (Å²) in [6.45, 7) is 2.82. The smallest absolute Gasteiger partial charge is 0.269 e. The van der Waals surface area contributed by atoms with Gasteiger partial charge in [-0.25, -0.2) is 4.98 Å². The quantitative estimate of drug-likeness (QED) is 0.620. The molecule has 4 heteroatoms. The Hall–Kier alpha value is -1.09. The summed E-state index contributed by atoms with van der Waals surface area (Å²) >= 11 is 5.68. The summed E-state index contributed by atoms with van der Waals surface area (Å²) in [6.07, 6.45) is 3.28. The Labute approximate surface area is 94.9 Å². The molecule has 0 radical (unpaired) electrons. The van der Waals surface area contributed by atoms with Crippen LogP contribution in [0.3, 0.4) is 0 Å². The van der Waals surface area contributed by atoms with Gasteiger partial charge in [-0.1, -0.05) is 37.4 Å². The first-order valence-electron chi connectivity index (χ1n) is 5.14. The Morgan fingerprint density at radius 3 is 2.93 bits per heavy atom. The Balaban J connectivity index is 2.40. The molecule has 0 unspecified atom stereocenters. The van der Waals surface area contributed by atoms with Gasteiger partial charge >= 0.3 is 0 Å². The standard InChI is InChI=1S/C11H15ClN2O/c1-2-3-4-8-13-11(15)9-6-5-7-10(12)14-9/h5-7H,2-4,8H2,1H3,(H,13,15). The molecule has 0 aromatic carbocycles. The Morgan fingerprint density at radius 1 is 1.47 bits per heavy atom. The lowest BCUT2D eigenvalue weighted by atomic mass is 10.2. The molecule has 3 nitrogen and oxygen atoms in total. The topological polar surface area (TPSA) is 42.0 Å². The van der Waals surface area contributed by atoms with Crippen molar-refractivity contribution in [3.63, 3.8) is 0 Å². The summed E-state index contributed by atoms with van der Waals surface area (Å²) in [5.74, 6) is -0.159. The number of rotatable bonds is 5. The van der Waals surface area contributed by atoms with E-state index in [2.05, 4.69) is 17.2 Å². The number of halogens is 1. The first-order valence-corrected chi connectivity index (χ1v) is 5.52. The normalized spacial score (nSPS) is 10.0. The van der Waals surface area contributed by atoms with E-state index in [1.807, 2.05) is 0 Å². The van der Waals surface area contributed by atoms with Crippen LogP contribution in [0, 0.1) is 0 Å². The molecule has 1 heterocycles. The van der Waals surface area contributed by atoms with Crippen molar-refractivity contribution < 1.29 is 4.79 Å². The predicted octanol–water partition coefficient (Wildman–Crippen LogP) is 2.66. The minimum atomic E-state index is -0.159. The van der Waals surface area contributed by atoms with E-state index in [9.17, 15) is 4.79 Å². The lowest BCUT2D eigenvalue weighted by Crippen LogP contribution is -2.25. The fraction of sp³-hybridized carbons (Fsp3) is 0.455. The Bertz CT molecular complexity index is 328. The molecule has 0 aliphatic heterocycles. The fourth-order valence-corrected chi connectivity index (χ4v) is 1.37. The molecule has 15 heavy (non-hydrogen) atoms.